The van der Waals surface area contributed by atoms with E-state index in [9.17, 15) is 4.79 Å². The minimum atomic E-state index is -0.327. The van der Waals surface area contributed by atoms with E-state index >= 15 is 0 Å². The molecule has 25 heavy (non-hydrogen) atoms. The summed E-state index contributed by atoms with van der Waals surface area (Å²) in [5.41, 5.74) is 1.50. The van der Waals surface area contributed by atoms with E-state index in [1.54, 1.807) is 25.4 Å². The molecule has 128 valence electrons. The molecular weight excluding hydrogens is 320 g/mol. The maximum Gasteiger partial charge on any atom is 0.307 e. The smallest absolute Gasteiger partial charge is 0.307 e. The minimum Gasteiger partial charge on any atom is -0.459 e. The molecule has 0 unspecified atom stereocenters. The maximum absolute atomic E-state index is 11.8. The van der Waals surface area contributed by atoms with Gasteiger partial charge >= 0.3 is 5.97 Å². The average molecular weight is 338 g/mol. The average Bonchev–Trinajstić information content (AvgIpc) is 3.02. The second kappa shape index (κ2) is 8.05. The number of nitrogens with zero attached hydrogens (tertiary/aromatic N) is 3. The van der Waals surface area contributed by atoms with E-state index in [4.69, 9.17) is 9.15 Å². The van der Waals surface area contributed by atoms with Gasteiger partial charge in [-0.15, -0.1) is 0 Å². The quantitative estimate of drug-likeness (QED) is 0.662. The van der Waals surface area contributed by atoms with Crippen LogP contribution in [0.15, 0.2) is 53.2 Å². The number of benzene rings is 1. The molecule has 1 N–H and O–H groups in total. The van der Waals surface area contributed by atoms with Crippen LogP contribution in [0, 0.1) is 6.92 Å². The van der Waals surface area contributed by atoms with Crippen molar-refractivity contribution in [2.45, 2.75) is 20.0 Å². The molecule has 0 aliphatic heterocycles. The van der Waals surface area contributed by atoms with E-state index < -0.39 is 0 Å². The van der Waals surface area contributed by atoms with E-state index in [0.29, 0.717) is 29.8 Å². The molecule has 7 nitrogen and oxygen atoms in total. The number of aryl methyl sites for hydroxylation is 1. The first-order valence-electron chi connectivity index (χ1n) is 7.90. The first-order chi connectivity index (χ1) is 12.2. The minimum absolute atomic E-state index is 0.0861. The summed E-state index contributed by atoms with van der Waals surface area (Å²) < 4.78 is 10.9. The molecule has 3 rings (SSSR count). The van der Waals surface area contributed by atoms with Crippen LogP contribution in [0.1, 0.15) is 17.9 Å². The molecule has 0 amide bonds. The molecule has 7 heteroatoms. The van der Waals surface area contributed by atoms with Crippen molar-refractivity contribution >= 4 is 11.9 Å². The number of rotatable bonds is 7. The number of esters is 1. The predicted octanol–water partition coefficient (Wildman–Crippen LogP) is 2.99. The van der Waals surface area contributed by atoms with Crippen LogP contribution in [-0.2, 0) is 16.1 Å². The molecule has 0 atom stereocenters. The monoisotopic (exact) mass is 338 g/mol. The van der Waals surface area contributed by atoms with Gasteiger partial charge in [-0.25, -0.2) is 15.0 Å². The van der Waals surface area contributed by atoms with Crippen molar-refractivity contribution in [3.05, 3.63) is 60.2 Å². The number of hydrogen-bond donors (Lipinski definition) is 1. The normalized spacial score (nSPS) is 10.4. The Bertz CT molecular complexity index is 819. The summed E-state index contributed by atoms with van der Waals surface area (Å²) in [6.45, 7) is 2.29. The Morgan fingerprint density at radius 1 is 1.16 bits per heavy atom. The van der Waals surface area contributed by atoms with Crippen LogP contribution >= 0.6 is 0 Å². The third kappa shape index (κ3) is 4.63. The zero-order valence-electron chi connectivity index (χ0n) is 13.8. The molecule has 0 saturated heterocycles. The summed E-state index contributed by atoms with van der Waals surface area (Å²) in [4.78, 5) is 24.3. The standard InChI is InChI=1S/C18H18N4O3/c1-13-15(22-17(25-13)14-6-3-2-4-7-14)12-24-16(23)8-11-21-18-19-9-5-10-20-18/h2-7,9-10H,8,11-12H2,1H3,(H,19,20,21). The second-order valence-electron chi connectivity index (χ2n) is 5.30. The first kappa shape index (κ1) is 16.6. The van der Waals surface area contributed by atoms with Gasteiger partial charge in [0.25, 0.3) is 0 Å². The third-order valence-corrected chi connectivity index (χ3v) is 3.46. The number of oxazole rings is 1. The number of aromatic nitrogens is 3. The van der Waals surface area contributed by atoms with Crippen LogP contribution in [0.5, 0.6) is 0 Å². The lowest BCUT2D eigenvalue weighted by atomic mass is 10.2. The molecule has 2 aromatic heterocycles. The van der Waals surface area contributed by atoms with Gasteiger partial charge in [0.2, 0.25) is 11.8 Å². The molecule has 1 aromatic carbocycles. The van der Waals surface area contributed by atoms with Crippen LogP contribution in [0.2, 0.25) is 0 Å². The van der Waals surface area contributed by atoms with Gasteiger partial charge in [-0.05, 0) is 25.1 Å². The Morgan fingerprint density at radius 2 is 1.92 bits per heavy atom. The fraction of sp³-hybridized carbons (Fsp3) is 0.222. The van der Waals surface area contributed by atoms with Crippen molar-refractivity contribution in [1.29, 1.82) is 0 Å². The Labute approximate surface area is 145 Å². The molecule has 0 spiro atoms. The highest BCUT2D eigenvalue weighted by molar-refractivity contribution is 5.70. The van der Waals surface area contributed by atoms with Gasteiger partial charge in [-0.2, -0.15) is 0 Å². The predicted molar refractivity (Wildman–Crippen MR) is 91.6 cm³/mol. The Balaban J connectivity index is 1.48. The van der Waals surface area contributed by atoms with Crippen molar-refractivity contribution in [1.82, 2.24) is 15.0 Å². The lowest BCUT2D eigenvalue weighted by Gasteiger charge is -2.04. The Kier molecular flexibility index (Phi) is 5.36. The van der Waals surface area contributed by atoms with Crippen molar-refractivity contribution < 1.29 is 13.9 Å². The maximum atomic E-state index is 11.8. The van der Waals surface area contributed by atoms with E-state index in [0.717, 1.165) is 5.56 Å². The van der Waals surface area contributed by atoms with Crippen molar-refractivity contribution in [2.24, 2.45) is 0 Å². The fourth-order valence-electron chi connectivity index (χ4n) is 2.15. The highest BCUT2D eigenvalue weighted by Gasteiger charge is 2.13. The summed E-state index contributed by atoms with van der Waals surface area (Å²) in [5.74, 6) is 1.32. The van der Waals surface area contributed by atoms with E-state index in [2.05, 4.69) is 20.3 Å². The largest absolute Gasteiger partial charge is 0.459 e. The SMILES string of the molecule is Cc1oc(-c2ccccc2)nc1COC(=O)CCNc1ncccn1. The summed E-state index contributed by atoms with van der Waals surface area (Å²) in [6.07, 6.45) is 3.47. The van der Waals surface area contributed by atoms with E-state index in [1.165, 1.54) is 0 Å². The molecule has 2 heterocycles. The number of ether oxygens (including phenoxy) is 1. The van der Waals surface area contributed by atoms with Crippen LogP contribution < -0.4 is 5.32 Å². The number of anilines is 1. The van der Waals surface area contributed by atoms with Crippen LogP contribution in [0.4, 0.5) is 5.95 Å². The first-order valence-corrected chi connectivity index (χ1v) is 7.90. The van der Waals surface area contributed by atoms with Crippen molar-refractivity contribution in [3.8, 4) is 11.5 Å². The second-order valence-corrected chi connectivity index (χ2v) is 5.30. The molecule has 0 saturated carbocycles. The summed E-state index contributed by atoms with van der Waals surface area (Å²) in [6, 6.07) is 11.3. The summed E-state index contributed by atoms with van der Waals surface area (Å²) in [7, 11) is 0. The zero-order chi connectivity index (χ0) is 17.5. The lowest BCUT2D eigenvalue weighted by molar-refractivity contribution is -0.144. The van der Waals surface area contributed by atoms with Crippen LogP contribution in [0.25, 0.3) is 11.5 Å². The van der Waals surface area contributed by atoms with Gasteiger partial charge in [0.1, 0.15) is 18.1 Å². The van der Waals surface area contributed by atoms with Gasteiger partial charge in [-0.3, -0.25) is 4.79 Å². The van der Waals surface area contributed by atoms with Crippen LogP contribution in [-0.4, -0.2) is 27.5 Å². The van der Waals surface area contributed by atoms with Crippen LogP contribution in [0.3, 0.4) is 0 Å². The third-order valence-electron chi connectivity index (χ3n) is 3.46. The number of carbonyl (C=O) groups is 1. The molecule has 0 radical (unpaired) electrons. The van der Waals surface area contributed by atoms with Gasteiger partial charge in [-0.1, -0.05) is 18.2 Å². The number of nitrogens with one attached hydrogen (secondary N) is 1. The summed E-state index contributed by atoms with van der Waals surface area (Å²) >= 11 is 0. The Morgan fingerprint density at radius 3 is 2.68 bits per heavy atom. The lowest BCUT2D eigenvalue weighted by Crippen LogP contribution is -2.13. The number of carbonyl (C=O) groups excluding carboxylic acids is 1. The van der Waals surface area contributed by atoms with Gasteiger partial charge in [0, 0.05) is 24.5 Å². The van der Waals surface area contributed by atoms with Crippen molar-refractivity contribution in [2.75, 3.05) is 11.9 Å². The van der Waals surface area contributed by atoms with E-state index in [-0.39, 0.29) is 19.0 Å². The molecule has 0 bridgehead atoms. The van der Waals surface area contributed by atoms with Gasteiger partial charge in [0.15, 0.2) is 0 Å². The van der Waals surface area contributed by atoms with Crippen molar-refractivity contribution in [3.63, 3.8) is 0 Å². The van der Waals surface area contributed by atoms with Gasteiger partial charge < -0.3 is 14.5 Å². The zero-order valence-corrected chi connectivity index (χ0v) is 13.8. The highest BCUT2D eigenvalue weighted by Crippen LogP contribution is 2.21. The molecular formula is C18H18N4O3. The van der Waals surface area contributed by atoms with Gasteiger partial charge in [0.05, 0.1) is 6.42 Å². The molecule has 0 aliphatic rings. The number of hydrogen-bond acceptors (Lipinski definition) is 7. The summed E-state index contributed by atoms with van der Waals surface area (Å²) in [5, 5.41) is 2.95. The topological polar surface area (TPSA) is 90.1 Å². The highest BCUT2D eigenvalue weighted by atomic mass is 16.5. The molecule has 0 fully saturated rings. The molecule has 3 aromatic rings. The van der Waals surface area contributed by atoms with E-state index in [1.807, 2.05) is 30.3 Å². The Hall–Kier alpha value is -3.22. The molecule has 0 aliphatic carbocycles. The fourth-order valence-corrected chi connectivity index (χ4v) is 2.15.